The van der Waals surface area contributed by atoms with Crippen LogP contribution >= 0.6 is 11.3 Å². The summed E-state index contributed by atoms with van der Waals surface area (Å²) < 4.78 is 2.02. The summed E-state index contributed by atoms with van der Waals surface area (Å²) >= 11 is 1.48. The third-order valence-electron chi connectivity index (χ3n) is 3.16. The van der Waals surface area contributed by atoms with Crippen LogP contribution in [0.5, 0.6) is 0 Å². The van der Waals surface area contributed by atoms with E-state index in [-0.39, 0.29) is 0 Å². The minimum atomic E-state index is 0.628. The van der Waals surface area contributed by atoms with Crippen molar-refractivity contribution in [3.8, 4) is 0 Å². The minimum Gasteiger partial charge on any atom is -0.375 e. The molecule has 0 aromatic carbocycles. The number of aromatic nitrogens is 5. The van der Waals surface area contributed by atoms with Gasteiger partial charge >= 0.3 is 0 Å². The molecular weight excluding hydrogens is 272 g/mol. The smallest absolute Gasteiger partial charge is 0.255 e. The van der Waals surface area contributed by atoms with E-state index in [0.29, 0.717) is 10.9 Å². The van der Waals surface area contributed by atoms with Crippen LogP contribution in [0.15, 0.2) is 11.4 Å². The highest BCUT2D eigenvalue weighted by atomic mass is 32.1. The molecule has 6 nitrogen and oxygen atoms in total. The number of anilines is 1. The van der Waals surface area contributed by atoms with Gasteiger partial charge in [-0.3, -0.25) is 4.40 Å². The molecule has 0 fully saturated rings. The molecule has 0 aliphatic carbocycles. The predicted octanol–water partition coefficient (Wildman–Crippen LogP) is 1.96. The Kier molecular flexibility index (Phi) is 3.35. The molecule has 3 rings (SSSR count). The van der Waals surface area contributed by atoms with E-state index in [1.165, 1.54) is 11.3 Å². The number of rotatable bonds is 4. The van der Waals surface area contributed by atoms with Crippen LogP contribution in [0.25, 0.3) is 5.78 Å². The van der Waals surface area contributed by atoms with Crippen molar-refractivity contribution in [2.24, 2.45) is 0 Å². The van der Waals surface area contributed by atoms with E-state index in [2.05, 4.69) is 27.1 Å². The average Bonchev–Trinajstić information content (AvgIpc) is 2.96. The maximum absolute atomic E-state index is 5.63. The zero-order valence-corrected chi connectivity index (χ0v) is 12.3. The molecule has 0 atom stereocenters. The van der Waals surface area contributed by atoms with Gasteiger partial charge in [0.1, 0.15) is 5.82 Å². The Morgan fingerprint density at radius 3 is 2.80 bits per heavy atom. The number of hydrogen-bond acceptors (Lipinski definition) is 6. The van der Waals surface area contributed by atoms with E-state index in [1.807, 2.05) is 22.8 Å². The van der Waals surface area contributed by atoms with E-state index >= 15 is 0 Å². The van der Waals surface area contributed by atoms with Crippen molar-refractivity contribution in [2.75, 3.05) is 5.73 Å². The molecule has 0 radical (unpaired) electrons. The first-order chi connectivity index (χ1) is 9.63. The molecule has 0 spiro atoms. The summed E-state index contributed by atoms with van der Waals surface area (Å²) in [6.07, 6.45) is 2.72. The Bertz CT molecular complexity index is 744. The Hall–Kier alpha value is -2.02. The molecule has 0 aliphatic rings. The van der Waals surface area contributed by atoms with E-state index in [1.54, 1.807) is 0 Å². The van der Waals surface area contributed by atoms with Crippen molar-refractivity contribution in [1.82, 2.24) is 24.6 Å². The molecular formula is C13H16N6S. The summed E-state index contributed by atoms with van der Waals surface area (Å²) in [6, 6.07) is 2.04. The number of nitrogens with two attached hydrogens (primary N) is 1. The average molecular weight is 288 g/mol. The molecule has 0 saturated heterocycles. The number of aryl methyl sites for hydroxylation is 4. The highest BCUT2D eigenvalue weighted by molar-refractivity contribution is 7.13. The molecule has 3 aromatic rings. The summed E-state index contributed by atoms with van der Waals surface area (Å²) in [5.41, 5.74) is 8.75. The zero-order chi connectivity index (χ0) is 14.1. The van der Waals surface area contributed by atoms with Crippen LogP contribution in [-0.4, -0.2) is 24.6 Å². The van der Waals surface area contributed by atoms with Gasteiger partial charge in [-0.05, 0) is 32.8 Å². The molecule has 20 heavy (non-hydrogen) atoms. The third kappa shape index (κ3) is 2.49. The van der Waals surface area contributed by atoms with Gasteiger partial charge in [-0.1, -0.05) is 0 Å². The van der Waals surface area contributed by atoms with Gasteiger partial charge in [-0.2, -0.15) is 0 Å². The lowest BCUT2D eigenvalue weighted by atomic mass is 10.2. The van der Waals surface area contributed by atoms with E-state index in [9.17, 15) is 0 Å². The Morgan fingerprint density at radius 2 is 2.05 bits per heavy atom. The first kappa shape index (κ1) is 13.0. The Morgan fingerprint density at radius 1 is 1.20 bits per heavy atom. The van der Waals surface area contributed by atoms with Crippen LogP contribution < -0.4 is 5.73 Å². The number of nitrogen functional groups attached to an aromatic ring is 1. The van der Waals surface area contributed by atoms with Gasteiger partial charge in [0.2, 0.25) is 0 Å². The molecule has 0 aliphatic heterocycles. The van der Waals surface area contributed by atoms with Gasteiger partial charge in [0.25, 0.3) is 5.78 Å². The highest BCUT2D eigenvalue weighted by Gasteiger charge is 2.09. The number of fused-ring (bicyclic) bond motifs is 1. The van der Waals surface area contributed by atoms with Gasteiger partial charge in [-0.15, -0.1) is 21.5 Å². The standard InChI is InChI=1S/C13H16N6S/c1-8-6-9(2)19-11(17-18-13(19)15-8)5-3-4-10-7-20-12(14)16-10/h6-7H,3-5H2,1-2H3,(H2,14,16). The second kappa shape index (κ2) is 5.16. The lowest BCUT2D eigenvalue weighted by molar-refractivity contribution is 0.746. The molecule has 0 bridgehead atoms. The van der Waals surface area contributed by atoms with Crippen LogP contribution in [0.1, 0.15) is 29.3 Å². The van der Waals surface area contributed by atoms with Gasteiger partial charge in [0.05, 0.1) is 5.69 Å². The first-order valence-electron chi connectivity index (χ1n) is 6.51. The van der Waals surface area contributed by atoms with E-state index in [0.717, 1.165) is 42.2 Å². The fraction of sp³-hybridized carbons (Fsp3) is 0.385. The number of hydrogen-bond donors (Lipinski definition) is 1. The van der Waals surface area contributed by atoms with Crippen molar-refractivity contribution >= 4 is 22.2 Å². The molecule has 3 aromatic heterocycles. The maximum Gasteiger partial charge on any atom is 0.255 e. The first-order valence-corrected chi connectivity index (χ1v) is 7.39. The summed E-state index contributed by atoms with van der Waals surface area (Å²) in [7, 11) is 0. The fourth-order valence-corrected chi connectivity index (χ4v) is 2.92. The second-order valence-electron chi connectivity index (χ2n) is 4.82. The topological polar surface area (TPSA) is 82.0 Å². The molecule has 2 N–H and O–H groups in total. The van der Waals surface area contributed by atoms with E-state index < -0.39 is 0 Å². The predicted molar refractivity (Wildman–Crippen MR) is 78.8 cm³/mol. The summed E-state index contributed by atoms with van der Waals surface area (Å²) in [4.78, 5) is 8.65. The van der Waals surface area contributed by atoms with Crippen molar-refractivity contribution in [2.45, 2.75) is 33.1 Å². The normalized spacial score (nSPS) is 11.3. The molecule has 7 heteroatoms. The monoisotopic (exact) mass is 288 g/mol. The van der Waals surface area contributed by atoms with Crippen molar-refractivity contribution < 1.29 is 0 Å². The number of thiazole rings is 1. The van der Waals surface area contributed by atoms with Gasteiger partial charge in [0.15, 0.2) is 5.13 Å². The molecule has 104 valence electrons. The summed E-state index contributed by atoms with van der Waals surface area (Å²) in [6.45, 7) is 4.02. The highest BCUT2D eigenvalue weighted by Crippen LogP contribution is 2.14. The summed E-state index contributed by atoms with van der Waals surface area (Å²) in [5.74, 6) is 1.63. The SMILES string of the molecule is Cc1cc(C)n2c(CCCc3csc(N)n3)nnc2n1. The van der Waals surface area contributed by atoms with Gasteiger partial charge in [-0.25, -0.2) is 9.97 Å². The minimum absolute atomic E-state index is 0.628. The van der Waals surface area contributed by atoms with Crippen LogP contribution in [0.3, 0.4) is 0 Å². The molecule has 0 saturated carbocycles. The summed E-state index contributed by atoms with van der Waals surface area (Å²) in [5, 5.41) is 11.0. The zero-order valence-electron chi connectivity index (χ0n) is 11.5. The fourth-order valence-electron chi connectivity index (χ4n) is 2.32. The van der Waals surface area contributed by atoms with Crippen LogP contribution in [-0.2, 0) is 12.8 Å². The Labute approximate surface area is 120 Å². The number of nitrogens with zero attached hydrogens (tertiary/aromatic N) is 5. The van der Waals surface area contributed by atoms with Crippen LogP contribution in [0, 0.1) is 13.8 Å². The lowest BCUT2D eigenvalue weighted by Gasteiger charge is -2.03. The van der Waals surface area contributed by atoms with E-state index in [4.69, 9.17) is 5.73 Å². The van der Waals surface area contributed by atoms with Crippen molar-refractivity contribution in [3.63, 3.8) is 0 Å². The lowest BCUT2D eigenvalue weighted by Crippen LogP contribution is -2.02. The quantitative estimate of drug-likeness (QED) is 0.793. The second-order valence-corrected chi connectivity index (χ2v) is 5.71. The Balaban J connectivity index is 1.74. The molecule has 0 unspecified atom stereocenters. The van der Waals surface area contributed by atoms with Crippen molar-refractivity contribution in [1.29, 1.82) is 0 Å². The van der Waals surface area contributed by atoms with Gasteiger partial charge in [0, 0.05) is 23.2 Å². The van der Waals surface area contributed by atoms with Crippen LogP contribution in [0.4, 0.5) is 5.13 Å². The largest absolute Gasteiger partial charge is 0.375 e. The van der Waals surface area contributed by atoms with Crippen LogP contribution in [0.2, 0.25) is 0 Å². The molecule has 3 heterocycles. The molecule has 0 amide bonds. The maximum atomic E-state index is 5.63. The third-order valence-corrected chi connectivity index (χ3v) is 3.89. The van der Waals surface area contributed by atoms with Gasteiger partial charge < -0.3 is 5.73 Å². The van der Waals surface area contributed by atoms with Crippen molar-refractivity contribution in [3.05, 3.63) is 34.4 Å².